The second kappa shape index (κ2) is 8.44. The van der Waals surface area contributed by atoms with E-state index in [0.717, 1.165) is 17.4 Å². The molecule has 0 atom stereocenters. The Hall–Kier alpha value is -2.93. The van der Waals surface area contributed by atoms with Gasteiger partial charge in [0.25, 0.3) is 5.91 Å². The Kier molecular flexibility index (Phi) is 6.30. The van der Waals surface area contributed by atoms with E-state index in [9.17, 15) is 18.0 Å². The number of ether oxygens (including phenoxy) is 1. The van der Waals surface area contributed by atoms with E-state index in [1.165, 1.54) is 18.2 Å². The second-order valence-corrected chi connectivity index (χ2v) is 7.60. The molecule has 26 heavy (non-hydrogen) atoms. The number of hydrogen-bond acceptors (Lipinski definition) is 5. The molecule has 0 heterocycles. The summed E-state index contributed by atoms with van der Waals surface area (Å²) in [4.78, 5) is 23.6. The van der Waals surface area contributed by atoms with Gasteiger partial charge in [0.2, 0.25) is 0 Å². The van der Waals surface area contributed by atoms with Gasteiger partial charge < -0.3 is 10.1 Å². The molecule has 6 nitrogen and oxygen atoms in total. The lowest BCUT2D eigenvalue weighted by Gasteiger charge is -2.09. The molecule has 7 heteroatoms. The molecule has 0 saturated carbocycles. The number of para-hydroxylation sites is 1. The van der Waals surface area contributed by atoms with Crippen LogP contribution in [0.25, 0.3) is 6.08 Å². The quantitative estimate of drug-likeness (QED) is 0.621. The van der Waals surface area contributed by atoms with Crippen LogP contribution in [0.1, 0.15) is 11.1 Å². The Bertz CT molecular complexity index is 948. The molecule has 1 amide bonds. The highest BCUT2D eigenvalue weighted by molar-refractivity contribution is 7.90. The smallest absolute Gasteiger partial charge is 0.331 e. The van der Waals surface area contributed by atoms with Gasteiger partial charge in [-0.3, -0.25) is 4.79 Å². The summed E-state index contributed by atoms with van der Waals surface area (Å²) in [6.45, 7) is 1.40. The lowest BCUT2D eigenvalue weighted by Crippen LogP contribution is -2.21. The second-order valence-electron chi connectivity index (χ2n) is 5.61. The van der Waals surface area contributed by atoms with Crippen molar-refractivity contribution in [2.45, 2.75) is 11.8 Å². The van der Waals surface area contributed by atoms with E-state index in [4.69, 9.17) is 4.74 Å². The summed E-state index contributed by atoms with van der Waals surface area (Å²) in [5.41, 5.74) is 2.02. The Morgan fingerprint density at radius 2 is 1.73 bits per heavy atom. The van der Waals surface area contributed by atoms with Crippen LogP contribution in [0.15, 0.2) is 59.5 Å². The third-order valence-corrected chi connectivity index (χ3v) is 4.65. The first-order valence-corrected chi connectivity index (χ1v) is 9.66. The first-order chi connectivity index (χ1) is 12.3. The highest BCUT2D eigenvalue weighted by atomic mass is 32.2. The molecule has 0 aliphatic heterocycles. The first kappa shape index (κ1) is 19.4. The summed E-state index contributed by atoms with van der Waals surface area (Å²) in [6, 6.07) is 13.5. The number of amides is 1. The van der Waals surface area contributed by atoms with Crippen molar-refractivity contribution < 1.29 is 22.7 Å². The zero-order valence-corrected chi connectivity index (χ0v) is 15.2. The molecular formula is C19H19NO5S. The molecule has 2 aromatic carbocycles. The fourth-order valence-corrected chi connectivity index (χ4v) is 3.04. The van der Waals surface area contributed by atoms with Crippen molar-refractivity contribution in [2.75, 3.05) is 18.2 Å². The maximum absolute atomic E-state index is 11.9. The van der Waals surface area contributed by atoms with Crippen LogP contribution in [-0.2, 0) is 24.2 Å². The van der Waals surface area contributed by atoms with E-state index in [1.807, 2.05) is 31.2 Å². The maximum Gasteiger partial charge on any atom is 0.331 e. The predicted octanol–water partition coefficient (Wildman–Crippen LogP) is 2.59. The number of esters is 1. The number of aryl methyl sites for hydroxylation is 1. The third-order valence-electron chi connectivity index (χ3n) is 3.49. The predicted molar refractivity (Wildman–Crippen MR) is 99.4 cm³/mol. The fourth-order valence-electron chi connectivity index (χ4n) is 2.20. The minimum Gasteiger partial charge on any atom is -0.452 e. The SMILES string of the molecule is Cc1ccccc1/C=C/C(=O)OCC(=O)Nc1ccccc1S(C)(=O)=O. The van der Waals surface area contributed by atoms with Crippen molar-refractivity contribution >= 4 is 33.5 Å². The highest BCUT2D eigenvalue weighted by Crippen LogP contribution is 2.20. The molecule has 1 N–H and O–H groups in total. The molecule has 0 bridgehead atoms. The van der Waals surface area contributed by atoms with Crippen LogP contribution in [0.4, 0.5) is 5.69 Å². The van der Waals surface area contributed by atoms with Gasteiger partial charge in [0.05, 0.1) is 10.6 Å². The Morgan fingerprint density at radius 1 is 1.08 bits per heavy atom. The summed E-state index contributed by atoms with van der Waals surface area (Å²) in [5.74, 6) is -1.29. The van der Waals surface area contributed by atoms with Crippen molar-refractivity contribution in [3.8, 4) is 0 Å². The van der Waals surface area contributed by atoms with Crippen molar-refractivity contribution in [3.63, 3.8) is 0 Å². The number of carbonyl (C=O) groups is 2. The monoisotopic (exact) mass is 373 g/mol. The van der Waals surface area contributed by atoms with Crippen LogP contribution in [0.2, 0.25) is 0 Å². The van der Waals surface area contributed by atoms with Gasteiger partial charge in [-0.15, -0.1) is 0 Å². The Labute approximate surface area is 152 Å². The minimum absolute atomic E-state index is 0.000810. The molecular weight excluding hydrogens is 354 g/mol. The van der Waals surface area contributed by atoms with E-state index >= 15 is 0 Å². The summed E-state index contributed by atoms with van der Waals surface area (Å²) < 4.78 is 28.3. The van der Waals surface area contributed by atoms with Crippen LogP contribution in [0.3, 0.4) is 0 Å². The van der Waals surface area contributed by atoms with Gasteiger partial charge in [0.15, 0.2) is 16.4 Å². The number of benzene rings is 2. The van der Waals surface area contributed by atoms with E-state index in [-0.39, 0.29) is 10.6 Å². The molecule has 2 rings (SSSR count). The molecule has 0 saturated heterocycles. The van der Waals surface area contributed by atoms with Gasteiger partial charge in [-0.25, -0.2) is 13.2 Å². The van der Waals surface area contributed by atoms with E-state index in [2.05, 4.69) is 5.32 Å². The molecule has 0 aliphatic carbocycles. The van der Waals surface area contributed by atoms with Gasteiger partial charge >= 0.3 is 5.97 Å². The van der Waals surface area contributed by atoms with E-state index < -0.39 is 28.3 Å². The highest BCUT2D eigenvalue weighted by Gasteiger charge is 2.15. The topological polar surface area (TPSA) is 89.5 Å². The Morgan fingerprint density at radius 3 is 2.42 bits per heavy atom. The van der Waals surface area contributed by atoms with Crippen molar-refractivity contribution in [1.82, 2.24) is 0 Å². The zero-order chi connectivity index (χ0) is 19.2. The summed E-state index contributed by atoms with van der Waals surface area (Å²) in [5, 5.41) is 2.44. The van der Waals surface area contributed by atoms with Crippen molar-refractivity contribution in [2.24, 2.45) is 0 Å². The summed E-state index contributed by atoms with van der Waals surface area (Å²) in [7, 11) is -3.49. The lowest BCUT2D eigenvalue weighted by molar-refractivity contribution is -0.142. The number of sulfone groups is 1. The third kappa shape index (κ3) is 5.56. The van der Waals surface area contributed by atoms with Crippen molar-refractivity contribution in [3.05, 3.63) is 65.7 Å². The standard InChI is InChI=1S/C19H19NO5S/c1-14-7-3-4-8-15(14)11-12-19(22)25-13-18(21)20-16-9-5-6-10-17(16)26(2,23)24/h3-12H,13H2,1-2H3,(H,20,21)/b12-11+. The molecule has 0 radical (unpaired) electrons. The maximum atomic E-state index is 11.9. The molecule has 2 aromatic rings. The minimum atomic E-state index is -3.49. The molecule has 136 valence electrons. The summed E-state index contributed by atoms with van der Waals surface area (Å²) in [6.07, 6.45) is 3.89. The number of carbonyl (C=O) groups excluding carboxylic acids is 2. The number of nitrogens with one attached hydrogen (secondary N) is 1. The van der Waals surface area contributed by atoms with Gasteiger partial charge in [0, 0.05) is 12.3 Å². The van der Waals surface area contributed by atoms with E-state index in [1.54, 1.807) is 18.2 Å². The zero-order valence-electron chi connectivity index (χ0n) is 14.4. The number of rotatable bonds is 6. The molecule has 0 aliphatic rings. The average Bonchev–Trinajstić information content (AvgIpc) is 2.59. The van der Waals surface area contributed by atoms with Crippen LogP contribution >= 0.6 is 0 Å². The van der Waals surface area contributed by atoms with Gasteiger partial charge in [0.1, 0.15) is 0 Å². The summed E-state index contributed by atoms with van der Waals surface area (Å²) >= 11 is 0. The molecule has 0 fully saturated rings. The van der Waals surface area contributed by atoms with Gasteiger partial charge in [-0.2, -0.15) is 0 Å². The van der Waals surface area contributed by atoms with Crippen molar-refractivity contribution in [1.29, 1.82) is 0 Å². The fraction of sp³-hybridized carbons (Fsp3) is 0.158. The van der Waals surface area contributed by atoms with Crippen LogP contribution in [-0.4, -0.2) is 33.2 Å². The largest absolute Gasteiger partial charge is 0.452 e. The van der Waals surface area contributed by atoms with Crippen LogP contribution in [0, 0.1) is 6.92 Å². The van der Waals surface area contributed by atoms with E-state index in [0.29, 0.717) is 0 Å². The van der Waals surface area contributed by atoms with Crippen LogP contribution < -0.4 is 5.32 Å². The average molecular weight is 373 g/mol. The van der Waals surface area contributed by atoms with Gasteiger partial charge in [-0.05, 0) is 36.3 Å². The van der Waals surface area contributed by atoms with Gasteiger partial charge in [-0.1, -0.05) is 36.4 Å². The number of hydrogen-bond donors (Lipinski definition) is 1. The Balaban J connectivity index is 1.94. The van der Waals surface area contributed by atoms with Crippen LogP contribution in [0.5, 0.6) is 0 Å². The first-order valence-electron chi connectivity index (χ1n) is 7.77. The normalized spacial score (nSPS) is 11.3. The lowest BCUT2D eigenvalue weighted by atomic mass is 10.1. The molecule has 0 spiro atoms. The molecule has 0 aromatic heterocycles. The number of anilines is 1. The molecule has 0 unspecified atom stereocenters.